The zero-order chi connectivity index (χ0) is 39.4. The average Bonchev–Trinajstić information content (AvgIpc) is 3.33. The predicted molar refractivity (Wildman–Crippen MR) is 251 cm³/mol. The molecule has 0 saturated heterocycles. The number of fused-ring (bicyclic) bond motifs is 1. The molecule has 0 bridgehead atoms. The van der Waals surface area contributed by atoms with Gasteiger partial charge in [0.05, 0.1) is 0 Å². The van der Waals surface area contributed by atoms with Crippen LogP contribution in [0.25, 0.3) is 77.5 Å². The SMILES string of the molecule is c1ccc(-c2ccc(N(c3ccc(-c4ccc(-c5ccccc5-c5ccccc5)cc4)cc3)c3cccc(-c4cccc5cccc(-c6ccccc6)c45)c3)cc2)cc1. The van der Waals surface area contributed by atoms with Crippen molar-refractivity contribution in [1.29, 1.82) is 0 Å². The summed E-state index contributed by atoms with van der Waals surface area (Å²) in [6.45, 7) is 0. The maximum absolute atomic E-state index is 2.37. The lowest BCUT2D eigenvalue weighted by Gasteiger charge is -2.26. The van der Waals surface area contributed by atoms with Crippen molar-refractivity contribution in [2.45, 2.75) is 0 Å². The van der Waals surface area contributed by atoms with Crippen LogP contribution < -0.4 is 4.90 Å². The molecule has 0 aliphatic heterocycles. The van der Waals surface area contributed by atoms with Crippen molar-refractivity contribution >= 4 is 27.8 Å². The van der Waals surface area contributed by atoms with Crippen molar-refractivity contribution in [1.82, 2.24) is 0 Å². The number of benzene rings is 10. The Balaban J connectivity index is 1.03. The molecule has 0 heterocycles. The highest BCUT2D eigenvalue weighted by Crippen LogP contribution is 2.42. The summed E-state index contributed by atoms with van der Waals surface area (Å²) in [4.78, 5) is 2.37. The van der Waals surface area contributed by atoms with Crippen molar-refractivity contribution < 1.29 is 0 Å². The minimum atomic E-state index is 1.09. The molecule has 0 saturated carbocycles. The van der Waals surface area contributed by atoms with Gasteiger partial charge in [0.15, 0.2) is 0 Å². The van der Waals surface area contributed by atoms with Gasteiger partial charge in [-0.3, -0.25) is 0 Å². The summed E-state index contributed by atoms with van der Waals surface area (Å²) in [5, 5.41) is 2.49. The Hall–Kier alpha value is -7.74. The van der Waals surface area contributed by atoms with Crippen LogP contribution in [0, 0.1) is 0 Å². The van der Waals surface area contributed by atoms with Gasteiger partial charge in [0.2, 0.25) is 0 Å². The van der Waals surface area contributed by atoms with E-state index in [4.69, 9.17) is 0 Å². The van der Waals surface area contributed by atoms with Crippen molar-refractivity contribution in [2.75, 3.05) is 4.90 Å². The van der Waals surface area contributed by atoms with E-state index in [0.29, 0.717) is 0 Å². The number of nitrogens with zero attached hydrogens (tertiary/aromatic N) is 1. The molecule has 10 aromatic rings. The summed E-state index contributed by atoms with van der Waals surface area (Å²) in [7, 11) is 0. The summed E-state index contributed by atoms with van der Waals surface area (Å²) < 4.78 is 0. The molecule has 0 radical (unpaired) electrons. The molecule has 0 unspecified atom stereocenters. The normalized spacial score (nSPS) is 11.1. The molecule has 0 aromatic heterocycles. The van der Waals surface area contributed by atoms with E-state index in [9.17, 15) is 0 Å². The molecule has 0 fully saturated rings. The minimum Gasteiger partial charge on any atom is -0.310 e. The second-order valence-electron chi connectivity index (χ2n) is 14.9. The lowest BCUT2D eigenvalue weighted by molar-refractivity contribution is 1.28. The molecule has 0 aliphatic carbocycles. The van der Waals surface area contributed by atoms with Crippen LogP contribution in [0.15, 0.2) is 249 Å². The van der Waals surface area contributed by atoms with Gasteiger partial charge < -0.3 is 4.90 Å². The first-order chi connectivity index (χ1) is 29.3. The molecule has 0 spiro atoms. The summed E-state index contributed by atoms with van der Waals surface area (Å²) >= 11 is 0. The Morgan fingerprint density at radius 3 is 1.07 bits per heavy atom. The standard InChI is InChI=1S/C58H41N/c1-4-15-42(16-5-1)44-33-37-51(38-34-44)59(53-24-12-23-50(41-53)57-28-14-22-49-21-13-27-56(58(49)57)47-19-8-3-9-20-47)52-39-35-45(36-40-52)43-29-31-48(32-30-43)55-26-11-10-25-54(55)46-17-6-2-7-18-46/h1-41H. The van der Waals surface area contributed by atoms with E-state index >= 15 is 0 Å². The van der Waals surface area contributed by atoms with Gasteiger partial charge in [-0.1, -0.05) is 212 Å². The van der Waals surface area contributed by atoms with Crippen molar-refractivity contribution in [2.24, 2.45) is 0 Å². The molecule has 0 N–H and O–H groups in total. The second kappa shape index (κ2) is 16.0. The van der Waals surface area contributed by atoms with E-state index in [1.807, 2.05) is 0 Å². The van der Waals surface area contributed by atoms with Gasteiger partial charge in [-0.25, -0.2) is 0 Å². The Kier molecular flexibility index (Phi) is 9.68. The number of hydrogen-bond donors (Lipinski definition) is 0. The van der Waals surface area contributed by atoms with Crippen LogP contribution in [0.5, 0.6) is 0 Å². The van der Waals surface area contributed by atoms with E-state index in [0.717, 1.165) is 17.1 Å². The zero-order valence-corrected chi connectivity index (χ0v) is 32.6. The minimum absolute atomic E-state index is 1.09. The Morgan fingerprint density at radius 1 is 0.203 bits per heavy atom. The summed E-state index contributed by atoms with van der Waals surface area (Å²) in [5.41, 5.74) is 17.8. The molecule has 0 aliphatic rings. The molecule has 1 heteroatoms. The van der Waals surface area contributed by atoms with Gasteiger partial charge in [0, 0.05) is 17.1 Å². The summed E-state index contributed by atoms with van der Waals surface area (Å²) in [5.74, 6) is 0. The highest BCUT2D eigenvalue weighted by Gasteiger charge is 2.17. The number of anilines is 3. The molecular weight excluding hydrogens is 711 g/mol. The van der Waals surface area contributed by atoms with Crippen LogP contribution in [0.2, 0.25) is 0 Å². The third-order valence-electron chi connectivity index (χ3n) is 11.3. The third kappa shape index (κ3) is 7.23. The fraction of sp³-hybridized carbons (Fsp3) is 0. The van der Waals surface area contributed by atoms with Crippen LogP contribution in [0.3, 0.4) is 0 Å². The Bertz CT molecular complexity index is 2980. The second-order valence-corrected chi connectivity index (χ2v) is 14.9. The van der Waals surface area contributed by atoms with Gasteiger partial charge in [0.25, 0.3) is 0 Å². The smallest absolute Gasteiger partial charge is 0.0467 e. The molecular formula is C58H41N. The third-order valence-corrected chi connectivity index (χ3v) is 11.3. The lowest BCUT2D eigenvalue weighted by Crippen LogP contribution is -2.10. The van der Waals surface area contributed by atoms with Crippen molar-refractivity contribution in [3.05, 3.63) is 249 Å². The molecule has 59 heavy (non-hydrogen) atoms. The number of rotatable bonds is 9. The fourth-order valence-electron chi connectivity index (χ4n) is 8.38. The van der Waals surface area contributed by atoms with Crippen molar-refractivity contribution in [3.8, 4) is 66.8 Å². The largest absolute Gasteiger partial charge is 0.310 e. The predicted octanol–water partition coefficient (Wildman–Crippen LogP) is 16.3. The van der Waals surface area contributed by atoms with Gasteiger partial charge in [-0.15, -0.1) is 0 Å². The first-order valence-corrected chi connectivity index (χ1v) is 20.3. The Labute approximate surface area is 346 Å². The molecule has 10 aromatic carbocycles. The topological polar surface area (TPSA) is 3.24 Å². The summed E-state index contributed by atoms with van der Waals surface area (Å²) in [6.07, 6.45) is 0. The highest BCUT2D eigenvalue weighted by molar-refractivity contribution is 6.06. The number of hydrogen-bond acceptors (Lipinski definition) is 1. The molecule has 1 nitrogen and oxygen atoms in total. The van der Waals surface area contributed by atoms with E-state index in [1.54, 1.807) is 0 Å². The highest BCUT2D eigenvalue weighted by atomic mass is 15.1. The van der Waals surface area contributed by atoms with Crippen molar-refractivity contribution in [3.63, 3.8) is 0 Å². The average molecular weight is 752 g/mol. The van der Waals surface area contributed by atoms with Gasteiger partial charge in [0.1, 0.15) is 0 Å². The quantitative estimate of drug-likeness (QED) is 0.142. The maximum atomic E-state index is 2.37. The van der Waals surface area contributed by atoms with E-state index in [-0.39, 0.29) is 0 Å². The van der Waals surface area contributed by atoms with Gasteiger partial charge >= 0.3 is 0 Å². The van der Waals surface area contributed by atoms with E-state index in [2.05, 4.69) is 254 Å². The van der Waals surface area contributed by atoms with E-state index in [1.165, 1.54) is 77.5 Å². The monoisotopic (exact) mass is 751 g/mol. The Morgan fingerprint density at radius 2 is 0.542 bits per heavy atom. The van der Waals surface area contributed by atoms with Gasteiger partial charge in [-0.2, -0.15) is 0 Å². The van der Waals surface area contributed by atoms with Gasteiger partial charge in [-0.05, 0) is 114 Å². The maximum Gasteiger partial charge on any atom is 0.0467 e. The zero-order valence-electron chi connectivity index (χ0n) is 32.6. The first kappa shape index (κ1) is 35.7. The summed E-state index contributed by atoms with van der Waals surface area (Å²) in [6, 6.07) is 89.7. The van der Waals surface area contributed by atoms with Crippen LogP contribution in [-0.2, 0) is 0 Å². The fourth-order valence-corrected chi connectivity index (χ4v) is 8.38. The first-order valence-electron chi connectivity index (χ1n) is 20.3. The van der Waals surface area contributed by atoms with E-state index < -0.39 is 0 Å². The van der Waals surface area contributed by atoms with Crippen LogP contribution in [0.4, 0.5) is 17.1 Å². The van der Waals surface area contributed by atoms with Crippen LogP contribution in [-0.4, -0.2) is 0 Å². The van der Waals surface area contributed by atoms with Crippen LogP contribution >= 0.6 is 0 Å². The molecule has 10 rings (SSSR count). The molecule has 0 atom stereocenters. The molecule has 0 amide bonds. The van der Waals surface area contributed by atoms with Crippen LogP contribution in [0.1, 0.15) is 0 Å². The molecule has 278 valence electrons. The lowest BCUT2D eigenvalue weighted by atomic mass is 9.91.